The summed E-state index contributed by atoms with van der Waals surface area (Å²) in [5, 5.41) is 12.3. The number of carbonyl (C=O) groups is 2. The summed E-state index contributed by atoms with van der Waals surface area (Å²) in [6, 6.07) is 25.5. The highest BCUT2D eigenvalue weighted by Gasteiger charge is 2.36. The normalized spacial score (nSPS) is 15.5. The minimum Gasteiger partial charge on any atom is -0.480 e. The first-order valence-corrected chi connectivity index (χ1v) is 12.9. The molecule has 8 heteroatoms. The Kier molecular flexibility index (Phi) is 8.77. The SMILES string of the molecule is N[C@@H](c1ccccc1)P(=O)(O)C[C@@H](Cc1ccccc1)C(=O)N[C@@H](Cc1ccccc1)C(=O)O. The molecule has 0 bridgehead atoms. The molecule has 0 heterocycles. The molecule has 3 aromatic carbocycles. The van der Waals surface area contributed by atoms with Gasteiger partial charge >= 0.3 is 5.97 Å². The van der Waals surface area contributed by atoms with Crippen molar-refractivity contribution in [3.63, 3.8) is 0 Å². The van der Waals surface area contributed by atoms with Gasteiger partial charge in [0.2, 0.25) is 13.3 Å². The molecule has 0 fully saturated rings. The third-order valence-electron chi connectivity index (χ3n) is 5.65. The Labute approximate surface area is 199 Å². The second-order valence-corrected chi connectivity index (χ2v) is 10.7. The van der Waals surface area contributed by atoms with E-state index in [4.69, 9.17) is 5.73 Å². The van der Waals surface area contributed by atoms with E-state index in [2.05, 4.69) is 5.32 Å². The summed E-state index contributed by atoms with van der Waals surface area (Å²) in [5.74, 6) is -3.87. The van der Waals surface area contributed by atoms with Gasteiger partial charge in [-0.3, -0.25) is 9.36 Å². The van der Waals surface area contributed by atoms with Crippen molar-refractivity contribution in [3.05, 3.63) is 108 Å². The summed E-state index contributed by atoms with van der Waals surface area (Å²) in [4.78, 5) is 35.9. The number of hydrogen-bond donors (Lipinski definition) is 4. The molecule has 0 radical (unpaired) electrons. The van der Waals surface area contributed by atoms with Gasteiger partial charge in [-0.15, -0.1) is 0 Å². The van der Waals surface area contributed by atoms with Crippen LogP contribution in [0.15, 0.2) is 91.0 Å². The maximum absolute atomic E-state index is 13.3. The second-order valence-electron chi connectivity index (χ2n) is 8.27. The van der Waals surface area contributed by atoms with E-state index in [9.17, 15) is 24.2 Å². The molecular weight excluding hydrogens is 451 g/mol. The van der Waals surface area contributed by atoms with E-state index in [1.54, 1.807) is 54.6 Å². The monoisotopic (exact) mass is 480 g/mol. The Bertz CT molecular complexity index is 1130. The zero-order valence-electron chi connectivity index (χ0n) is 18.7. The third kappa shape index (κ3) is 7.12. The van der Waals surface area contributed by atoms with Crippen LogP contribution in [0, 0.1) is 5.92 Å². The zero-order valence-corrected chi connectivity index (χ0v) is 19.6. The van der Waals surface area contributed by atoms with Crippen molar-refractivity contribution in [1.82, 2.24) is 5.32 Å². The van der Waals surface area contributed by atoms with Gasteiger partial charge in [-0.25, -0.2) is 4.79 Å². The number of carboxylic acid groups (broad SMARTS) is 1. The van der Waals surface area contributed by atoms with E-state index in [1.165, 1.54) is 0 Å². The Hall–Kier alpha value is -3.25. The topological polar surface area (TPSA) is 130 Å². The van der Waals surface area contributed by atoms with E-state index in [1.807, 2.05) is 36.4 Å². The van der Waals surface area contributed by atoms with E-state index >= 15 is 0 Å². The van der Waals surface area contributed by atoms with Crippen LogP contribution in [0.3, 0.4) is 0 Å². The van der Waals surface area contributed by atoms with Gasteiger partial charge in [0.05, 0.1) is 5.92 Å². The van der Waals surface area contributed by atoms with Gasteiger partial charge in [-0.2, -0.15) is 0 Å². The lowest BCUT2D eigenvalue weighted by atomic mass is 9.99. The van der Waals surface area contributed by atoms with Crippen LogP contribution in [-0.4, -0.2) is 34.1 Å². The summed E-state index contributed by atoms with van der Waals surface area (Å²) < 4.78 is 13.3. The zero-order chi connectivity index (χ0) is 24.6. The number of nitrogens with two attached hydrogens (primary N) is 1. The summed E-state index contributed by atoms with van der Waals surface area (Å²) in [7, 11) is -4.02. The van der Waals surface area contributed by atoms with Crippen LogP contribution in [-0.2, 0) is 27.0 Å². The average Bonchev–Trinajstić information content (AvgIpc) is 2.84. The molecule has 0 aliphatic rings. The molecule has 3 aromatic rings. The average molecular weight is 481 g/mol. The molecule has 0 spiro atoms. The summed E-state index contributed by atoms with van der Waals surface area (Å²) >= 11 is 0. The maximum Gasteiger partial charge on any atom is 0.326 e. The number of carboxylic acids is 1. The maximum atomic E-state index is 13.3. The number of aliphatic carboxylic acids is 1. The molecule has 0 saturated heterocycles. The number of rotatable bonds is 11. The van der Waals surface area contributed by atoms with E-state index in [0.717, 1.165) is 11.1 Å². The fourth-order valence-corrected chi connectivity index (χ4v) is 5.58. The summed E-state index contributed by atoms with van der Waals surface area (Å²) in [5.41, 5.74) is 8.18. The lowest BCUT2D eigenvalue weighted by Gasteiger charge is -2.26. The molecule has 7 nitrogen and oxygen atoms in total. The third-order valence-corrected chi connectivity index (χ3v) is 7.78. The molecule has 0 aliphatic heterocycles. The number of hydrogen-bond acceptors (Lipinski definition) is 4. The highest BCUT2D eigenvalue weighted by Crippen LogP contribution is 2.54. The largest absolute Gasteiger partial charge is 0.480 e. The molecule has 3 rings (SSSR count). The fraction of sp³-hybridized carbons (Fsp3) is 0.231. The van der Waals surface area contributed by atoms with E-state index < -0.39 is 37.0 Å². The predicted molar refractivity (Wildman–Crippen MR) is 131 cm³/mol. The fourth-order valence-electron chi connectivity index (χ4n) is 3.79. The van der Waals surface area contributed by atoms with Crippen LogP contribution in [0.5, 0.6) is 0 Å². The van der Waals surface area contributed by atoms with Crippen LogP contribution in [0.2, 0.25) is 0 Å². The van der Waals surface area contributed by atoms with E-state index in [-0.39, 0.29) is 19.0 Å². The van der Waals surface area contributed by atoms with Crippen LogP contribution >= 0.6 is 7.37 Å². The first-order valence-electron chi connectivity index (χ1n) is 11.0. The molecule has 1 amide bonds. The van der Waals surface area contributed by atoms with Crippen LogP contribution in [0.1, 0.15) is 22.5 Å². The molecule has 178 valence electrons. The number of carbonyl (C=O) groups excluding carboxylic acids is 1. The molecule has 34 heavy (non-hydrogen) atoms. The van der Waals surface area contributed by atoms with Gasteiger partial charge in [-0.1, -0.05) is 91.0 Å². The van der Waals surface area contributed by atoms with Gasteiger partial charge in [0.15, 0.2) is 0 Å². The molecule has 0 saturated carbocycles. The Morgan fingerprint density at radius 1 is 0.824 bits per heavy atom. The van der Waals surface area contributed by atoms with Crippen molar-refractivity contribution in [3.8, 4) is 0 Å². The predicted octanol–water partition coefficient (Wildman–Crippen LogP) is 3.59. The molecule has 1 unspecified atom stereocenters. The summed E-state index contributed by atoms with van der Waals surface area (Å²) in [6.45, 7) is 0. The first kappa shape index (κ1) is 25.4. The van der Waals surface area contributed by atoms with Gasteiger partial charge in [0, 0.05) is 12.6 Å². The Morgan fingerprint density at radius 2 is 1.29 bits per heavy atom. The lowest BCUT2D eigenvalue weighted by Crippen LogP contribution is -2.46. The molecule has 5 N–H and O–H groups in total. The van der Waals surface area contributed by atoms with Crippen LogP contribution < -0.4 is 11.1 Å². The standard InChI is InChI=1S/C26H29N2O5P/c27-24(21-14-8-3-9-15-21)34(32,33)18-22(16-19-10-4-1-5-11-19)25(29)28-23(26(30)31)17-20-12-6-2-7-13-20/h1-15,22-24H,16-18,27H2,(H,28,29)(H,30,31)(H,32,33)/t22-,23+,24-/m1/s1. The van der Waals surface area contributed by atoms with Gasteiger partial charge in [-0.05, 0) is 23.1 Å². The van der Waals surface area contributed by atoms with Crippen LogP contribution in [0.4, 0.5) is 0 Å². The Morgan fingerprint density at radius 3 is 1.79 bits per heavy atom. The Balaban J connectivity index is 1.81. The molecule has 0 aromatic heterocycles. The minimum absolute atomic E-state index is 0.0975. The van der Waals surface area contributed by atoms with Gasteiger partial charge < -0.3 is 21.1 Å². The summed E-state index contributed by atoms with van der Waals surface area (Å²) in [6.07, 6.45) is -0.0990. The highest BCUT2D eigenvalue weighted by atomic mass is 31.2. The molecular formula is C26H29N2O5P. The number of nitrogens with one attached hydrogen (secondary N) is 1. The first-order chi connectivity index (χ1) is 16.3. The lowest BCUT2D eigenvalue weighted by molar-refractivity contribution is -0.142. The number of amides is 1. The van der Waals surface area contributed by atoms with E-state index in [0.29, 0.717) is 5.56 Å². The quantitative estimate of drug-likeness (QED) is 0.311. The molecule has 4 atom stereocenters. The second kappa shape index (κ2) is 11.7. The van der Waals surface area contributed by atoms with Crippen molar-refractivity contribution in [1.29, 1.82) is 0 Å². The highest BCUT2D eigenvalue weighted by molar-refractivity contribution is 7.58. The molecule has 0 aliphatic carbocycles. The van der Waals surface area contributed by atoms with Crippen molar-refractivity contribution in [2.45, 2.75) is 24.7 Å². The van der Waals surface area contributed by atoms with Crippen molar-refractivity contribution >= 4 is 19.2 Å². The number of benzene rings is 3. The minimum atomic E-state index is -4.02. The smallest absolute Gasteiger partial charge is 0.326 e. The van der Waals surface area contributed by atoms with Crippen molar-refractivity contribution < 1.29 is 24.2 Å². The van der Waals surface area contributed by atoms with Crippen molar-refractivity contribution in [2.75, 3.05) is 6.16 Å². The van der Waals surface area contributed by atoms with Gasteiger partial charge in [0.25, 0.3) is 0 Å². The van der Waals surface area contributed by atoms with Crippen LogP contribution in [0.25, 0.3) is 0 Å². The van der Waals surface area contributed by atoms with Gasteiger partial charge in [0.1, 0.15) is 11.8 Å². The van der Waals surface area contributed by atoms with Crippen molar-refractivity contribution in [2.24, 2.45) is 11.7 Å².